The molecule has 0 radical (unpaired) electrons. The molecule has 0 spiro atoms. The number of nitro benzene ring substituents is 1. The molecular formula is C12H9BrN2O3. The van der Waals surface area contributed by atoms with Crippen molar-refractivity contribution in [2.45, 2.75) is 0 Å². The fourth-order valence-electron chi connectivity index (χ4n) is 1.42. The van der Waals surface area contributed by atoms with Crippen LogP contribution in [0.4, 0.5) is 11.4 Å². The second kappa shape index (κ2) is 5.05. The molecule has 2 aromatic rings. The van der Waals surface area contributed by atoms with E-state index >= 15 is 0 Å². The molecule has 2 N–H and O–H groups in total. The van der Waals surface area contributed by atoms with E-state index in [0.29, 0.717) is 15.9 Å². The van der Waals surface area contributed by atoms with E-state index in [1.165, 1.54) is 12.1 Å². The van der Waals surface area contributed by atoms with Crippen LogP contribution in [0, 0.1) is 10.1 Å². The van der Waals surface area contributed by atoms with E-state index in [9.17, 15) is 10.1 Å². The van der Waals surface area contributed by atoms with E-state index in [4.69, 9.17) is 10.5 Å². The smallest absolute Gasteiger partial charge is 0.312 e. The summed E-state index contributed by atoms with van der Waals surface area (Å²) in [5.74, 6) is 0.634. The van der Waals surface area contributed by atoms with Crippen LogP contribution in [0.5, 0.6) is 11.5 Å². The van der Waals surface area contributed by atoms with Gasteiger partial charge in [0.25, 0.3) is 0 Å². The standard InChI is InChI=1S/C12H9BrN2O3/c13-8-4-5-12(11(6-8)15(16)17)18-10-3-1-2-9(14)7-10/h1-7H,14H2. The van der Waals surface area contributed by atoms with Gasteiger partial charge in [0.15, 0.2) is 0 Å². The van der Waals surface area contributed by atoms with Crippen LogP contribution in [0.15, 0.2) is 46.9 Å². The minimum Gasteiger partial charge on any atom is -0.450 e. The summed E-state index contributed by atoms with van der Waals surface area (Å²) >= 11 is 3.18. The normalized spacial score (nSPS) is 10.1. The van der Waals surface area contributed by atoms with Crippen LogP contribution in [0.3, 0.4) is 0 Å². The lowest BCUT2D eigenvalue weighted by Crippen LogP contribution is -1.94. The molecule has 0 amide bonds. The van der Waals surface area contributed by atoms with Gasteiger partial charge in [-0.25, -0.2) is 0 Å². The highest BCUT2D eigenvalue weighted by Crippen LogP contribution is 2.33. The summed E-state index contributed by atoms with van der Waals surface area (Å²) < 4.78 is 6.08. The van der Waals surface area contributed by atoms with Gasteiger partial charge in [-0.3, -0.25) is 10.1 Å². The van der Waals surface area contributed by atoms with Gasteiger partial charge in [-0.05, 0) is 24.3 Å². The summed E-state index contributed by atoms with van der Waals surface area (Å²) in [4.78, 5) is 10.4. The second-order valence-electron chi connectivity index (χ2n) is 3.54. The maximum atomic E-state index is 10.9. The molecule has 0 saturated heterocycles. The van der Waals surface area contributed by atoms with E-state index in [1.54, 1.807) is 30.3 Å². The summed E-state index contributed by atoms with van der Waals surface area (Å²) in [7, 11) is 0. The van der Waals surface area contributed by atoms with Crippen LogP contribution in [0.2, 0.25) is 0 Å². The first-order chi connectivity index (χ1) is 8.56. The van der Waals surface area contributed by atoms with Gasteiger partial charge in [0, 0.05) is 22.3 Å². The summed E-state index contributed by atoms with van der Waals surface area (Å²) in [6.07, 6.45) is 0. The molecule has 0 fully saturated rings. The lowest BCUT2D eigenvalue weighted by Gasteiger charge is -2.07. The highest BCUT2D eigenvalue weighted by Gasteiger charge is 2.16. The molecule has 0 atom stereocenters. The number of nitro groups is 1. The summed E-state index contributed by atoms with van der Waals surface area (Å²) in [6, 6.07) is 11.3. The molecule has 0 heterocycles. The average molecular weight is 309 g/mol. The molecular weight excluding hydrogens is 300 g/mol. The quantitative estimate of drug-likeness (QED) is 0.532. The Labute approximate surface area is 111 Å². The fourth-order valence-corrected chi connectivity index (χ4v) is 1.77. The van der Waals surface area contributed by atoms with Gasteiger partial charge in [-0.1, -0.05) is 22.0 Å². The number of rotatable bonds is 3. The van der Waals surface area contributed by atoms with Crippen molar-refractivity contribution in [3.63, 3.8) is 0 Å². The van der Waals surface area contributed by atoms with Gasteiger partial charge in [0.2, 0.25) is 5.75 Å². The average Bonchev–Trinajstić information content (AvgIpc) is 2.31. The molecule has 6 heteroatoms. The Balaban J connectivity index is 2.37. The van der Waals surface area contributed by atoms with Crippen molar-refractivity contribution in [1.29, 1.82) is 0 Å². The third kappa shape index (κ3) is 2.78. The summed E-state index contributed by atoms with van der Waals surface area (Å²) in [6.45, 7) is 0. The van der Waals surface area contributed by atoms with Crippen LogP contribution in [-0.4, -0.2) is 4.92 Å². The number of halogens is 1. The van der Waals surface area contributed by atoms with Gasteiger partial charge in [-0.15, -0.1) is 0 Å². The number of ether oxygens (including phenoxy) is 1. The molecule has 92 valence electrons. The predicted octanol–water partition coefficient (Wildman–Crippen LogP) is 3.73. The molecule has 5 nitrogen and oxygen atoms in total. The number of nitrogens with two attached hydrogens (primary N) is 1. The third-order valence-electron chi connectivity index (χ3n) is 2.20. The largest absolute Gasteiger partial charge is 0.450 e. The number of anilines is 1. The second-order valence-corrected chi connectivity index (χ2v) is 4.46. The van der Waals surface area contributed by atoms with Crippen molar-refractivity contribution < 1.29 is 9.66 Å². The number of nitrogens with zero attached hydrogens (tertiary/aromatic N) is 1. The molecule has 18 heavy (non-hydrogen) atoms. The molecule has 0 aromatic heterocycles. The first-order valence-corrected chi connectivity index (χ1v) is 5.83. The molecule has 0 saturated carbocycles. The minimum absolute atomic E-state index is 0.105. The third-order valence-corrected chi connectivity index (χ3v) is 2.70. The van der Waals surface area contributed by atoms with E-state index in [0.717, 1.165) is 0 Å². The lowest BCUT2D eigenvalue weighted by atomic mass is 10.3. The first-order valence-electron chi connectivity index (χ1n) is 5.03. The highest BCUT2D eigenvalue weighted by molar-refractivity contribution is 9.10. The van der Waals surface area contributed by atoms with Crippen molar-refractivity contribution in [3.05, 3.63) is 57.1 Å². The van der Waals surface area contributed by atoms with Gasteiger partial charge in [0.1, 0.15) is 5.75 Å². The molecule has 0 bridgehead atoms. The zero-order valence-electron chi connectivity index (χ0n) is 9.17. The predicted molar refractivity (Wildman–Crippen MR) is 71.7 cm³/mol. The number of nitrogen functional groups attached to an aromatic ring is 1. The first kappa shape index (κ1) is 12.4. The van der Waals surface area contributed by atoms with E-state index in [-0.39, 0.29) is 11.4 Å². The minimum atomic E-state index is -0.494. The Bertz CT molecular complexity index is 602. The van der Waals surface area contributed by atoms with Crippen molar-refractivity contribution in [2.75, 3.05) is 5.73 Å². The number of hydrogen-bond acceptors (Lipinski definition) is 4. The van der Waals surface area contributed by atoms with E-state index in [2.05, 4.69) is 15.9 Å². The van der Waals surface area contributed by atoms with Crippen molar-refractivity contribution in [3.8, 4) is 11.5 Å². The van der Waals surface area contributed by atoms with Crippen molar-refractivity contribution >= 4 is 27.3 Å². The molecule has 2 aromatic carbocycles. The van der Waals surface area contributed by atoms with Crippen LogP contribution in [-0.2, 0) is 0 Å². The maximum absolute atomic E-state index is 10.9. The van der Waals surface area contributed by atoms with Crippen LogP contribution >= 0.6 is 15.9 Å². The Morgan fingerprint density at radius 2 is 2.00 bits per heavy atom. The fraction of sp³-hybridized carbons (Fsp3) is 0. The topological polar surface area (TPSA) is 78.4 Å². The number of benzene rings is 2. The molecule has 0 aliphatic carbocycles. The van der Waals surface area contributed by atoms with Gasteiger partial charge >= 0.3 is 5.69 Å². The van der Waals surface area contributed by atoms with Crippen molar-refractivity contribution in [1.82, 2.24) is 0 Å². The van der Waals surface area contributed by atoms with E-state index < -0.39 is 4.92 Å². The van der Waals surface area contributed by atoms with Crippen LogP contribution < -0.4 is 10.5 Å². The van der Waals surface area contributed by atoms with Crippen molar-refractivity contribution in [2.24, 2.45) is 0 Å². The Hall–Kier alpha value is -2.08. The molecule has 2 rings (SSSR count). The summed E-state index contributed by atoms with van der Waals surface area (Å²) in [5.41, 5.74) is 6.04. The Kier molecular flexibility index (Phi) is 3.47. The molecule has 0 aliphatic rings. The van der Waals surface area contributed by atoms with Crippen LogP contribution in [0.1, 0.15) is 0 Å². The van der Waals surface area contributed by atoms with E-state index in [1.807, 2.05) is 0 Å². The highest BCUT2D eigenvalue weighted by atomic mass is 79.9. The lowest BCUT2D eigenvalue weighted by molar-refractivity contribution is -0.385. The Morgan fingerprint density at radius 3 is 2.67 bits per heavy atom. The SMILES string of the molecule is Nc1cccc(Oc2ccc(Br)cc2[N+](=O)[O-])c1. The van der Waals surface area contributed by atoms with Crippen LogP contribution in [0.25, 0.3) is 0 Å². The number of hydrogen-bond donors (Lipinski definition) is 1. The van der Waals surface area contributed by atoms with Gasteiger partial charge in [0.05, 0.1) is 4.92 Å². The van der Waals surface area contributed by atoms with Gasteiger partial charge in [-0.2, -0.15) is 0 Å². The summed E-state index contributed by atoms with van der Waals surface area (Å²) in [5, 5.41) is 10.9. The zero-order valence-corrected chi connectivity index (χ0v) is 10.8. The van der Waals surface area contributed by atoms with Gasteiger partial charge < -0.3 is 10.5 Å². The Morgan fingerprint density at radius 1 is 1.22 bits per heavy atom. The monoisotopic (exact) mass is 308 g/mol. The molecule has 0 aliphatic heterocycles. The maximum Gasteiger partial charge on any atom is 0.312 e. The molecule has 0 unspecified atom stereocenters. The zero-order chi connectivity index (χ0) is 13.1.